The van der Waals surface area contributed by atoms with E-state index in [0.717, 1.165) is 37.6 Å². The van der Waals surface area contributed by atoms with Gasteiger partial charge in [0.2, 0.25) is 11.8 Å². The number of pyridine rings is 1. The third kappa shape index (κ3) is 4.38. The number of benzene rings is 2. The topological polar surface area (TPSA) is 77.7 Å². The number of fused-ring (bicyclic) bond motifs is 1. The highest BCUT2D eigenvalue weighted by Crippen LogP contribution is 2.28. The zero-order valence-corrected chi connectivity index (χ0v) is 16.3. The van der Waals surface area contributed by atoms with Crippen molar-refractivity contribution < 1.29 is 14.3 Å². The van der Waals surface area contributed by atoms with Crippen LogP contribution in [0, 0.1) is 0 Å². The Bertz CT molecular complexity index is 1020. The van der Waals surface area contributed by atoms with E-state index in [0.29, 0.717) is 11.4 Å². The highest BCUT2D eigenvalue weighted by atomic mass is 16.5. The van der Waals surface area contributed by atoms with Crippen LogP contribution in [0.2, 0.25) is 0 Å². The standard InChI is InChI=1S/C23H23N3O3/c1-28-21-5-3-2-4-19(21)15-26-11-10-16-12-20(8-6-18(16)14-26)29-22-9-7-17(13-25-22)23(24)27/h2-9,12-13H,10-11,14-15H2,1H3,(H2,24,27). The molecule has 1 aliphatic rings. The van der Waals surface area contributed by atoms with Gasteiger partial charge in [-0.15, -0.1) is 0 Å². The van der Waals surface area contributed by atoms with Crippen LogP contribution in [0.3, 0.4) is 0 Å². The van der Waals surface area contributed by atoms with Crippen molar-refractivity contribution in [1.82, 2.24) is 9.88 Å². The predicted molar refractivity (Wildman–Crippen MR) is 110 cm³/mol. The zero-order chi connectivity index (χ0) is 20.2. The minimum Gasteiger partial charge on any atom is -0.496 e. The Labute approximate surface area is 169 Å². The molecule has 0 saturated carbocycles. The minimum atomic E-state index is -0.504. The number of carbonyl (C=O) groups excluding carboxylic acids is 1. The Kier molecular flexibility index (Phi) is 5.44. The number of aromatic nitrogens is 1. The highest BCUT2D eigenvalue weighted by Gasteiger charge is 2.18. The average Bonchev–Trinajstić information content (AvgIpc) is 2.74. The van der Waals surface area contributed by atoms with Crippen LogP contribution in [0.5, 0.6) is 17.4 Å². The maximum atomic E-state index is 11.1. The summed E-state index contributed by atoms with van der Waals surface area (Å²) < 4.78 is 11.3. The van der Waals surface area contributed by atoms with E-state index in [2.05, 4.69) is 28.1 Å². The maximum Gasteiger partial charge on any atom is 0.250 e. The van der Waals surface area contributed by atoms with Crippen LogP contribution in [-0.2, 0) is 19.5 Å². The first-order valence-corrected chi connectivity index (χ1v) is 9.52. The molecule has 0 radical (unpaired) electrons. The van der Waals surface area contributed by atoms with Gasteiger partial charge in [-0.05, 0) is 41.8 Å². The van der Waals surface area contributed by atoms with Crippen LogP contribution in [-0.4, -0.2) is 29.4 Å². The summed E-state index contributed by atoms with van der Waals surface area (Å²) in [7, 11) is 1.71. The van der Waals surface area contributed by atoms with Gasteiger partial charge in [-0.2, -0.15) is 0 Å². The van der Waals surface area contributed by atoms with Gasteiger partial charge in [-0.1, -0.05) is 24.3 Å². The van der Waals surface area contributed by atoms with Crippen molar-refractivity contribution in [2.75, 3.05) is 13.7 Å². The molecule has 0 spiro atoms. The third-order valence-corrected chi connectivity index (χ3v) is 5.10. The highest BCUT2D eigenvalue weighted by molar-refractivity contribution is 5.92. The number of carbonyl (C=O) groups is 1. The molecule has 0 aliphatic carbocycles. The molecule has 0 unspecified atom stereocenters. The Hall–Kier alpha value is -3.38. The summed E-state index contributed by atoms with van der Waals surface area (Å²) in [5.74, 6) is 1.59. The molecular weight excluding hydrogens is 366 g/mol. The number of hydrogen-bond acceptors (Lipinski definition) is 5. The number of rotatable bonds is 6. The fourth-order valence-corrected chi connectivity index (χ4v) is 3.57. The van der Waals surface area contributed by atoms with Crippen molar-refractivity contribution in [1.29, 1.82) is 0 Å². The van der Waals surface area contributed by atoms with Gasteiger partial charge < -0.3 is 15.2 Å². The molecule has 148 valence electrons. The minimum absolute atomic E-state index is 0.359. The van der Waals surface area contributed by atoms with Crippen LogP contribution in [0.15, 0.2) is 60.8 Å². The summed E-state index contributed by atoms with van der Waals surface area (Å²) >= 11 is 0. The monoisotopic (exact) mass is 389 g/mol. The van der Waals surface area contributed by atoms with Gasteiger partial charge in [0.15, 0.2) is 0 Å². The van der Waals surface area contributed by atoms with Gasteiger partial charge in [-0.25, -0.2) is 4.98 Å². The lowest BCUT2D eigenvalue weighted by Gasteiger charge is -2.29. The van der Waals surface area contributed by atoms with E-state index in [1.165, 1.54) is 22.9 Å². The van der Waals surface area contributed by atoms with E-state index in [1.54, 1.807) is 19.2 Å². The van der Waals surface area contributed by atoms with Crippen molar-refractivity contribution >= 4 is 5.91 Å². The largest absolute Gasteiger partial charge is 0.496 e. The number of primary amides is 1. The van der Waals surface area contributed by atoms with Crippen LogP contribution < -0.4 is 15.2 Å². The van der Waals surface area contributed by atoms with Gasteiger partial charge in [0.05, 0.1) is 12.7 Å². The number of ether oxygens (including phenoxy) is 2. The maximum absolute atomic E-state index is 11.1. The molecule has 4 rings (SSSR count). The number of methoxy groups -OCH3 is 1. The fraction of sp³-hybridized carbons (Fsp3) is 0.217. The number of nitrogens with two attached hydrogens (primary N) is 1. The molecule has 6 heteroatoms. The van der Waals surface area contributed by atoms with E-state index in [9.17, 15) is 4.79 Å². The summed E-state index contributed by atoms with van der Waals surface area (Å²) in [6.07, 6.45) is 2.38. The smallest absolute Gasteiger partial charge is 0.250 e. The molecule has 6 nitrogen and oxygen atoms in total. The second-order valence-electron chi connectivity index (χ2n) is 7.05. The van der Waals surface area contributed by atoms with E-state index in [-0.39, 0.29) is 0 Å². The fourth-order valence-electron chi connectivity index (χ4n) is 3.57. The van der Waals surface area contributed by atoms with Crippen LogP contribution in [0.1, 0.15) is 27.0 Å². The average molecular weight is 389 g/mol. The summed E-state index contributed by atoms with van der Waals surface area (Å²) in [5.41, 5.74) is 9.38. The van der Waals surface area contributed by atoms with Crippen molar-refractivity contribution in [2.24, 2.45) is 5.73 Å². The molecule has 0 saturated heterocycles. The Morgan fingerprint density at radius 1 is 1.14 bits per heavy atom. The molecule has 1 amide bonds. The van der Waals surface area contributed by atoms with Gasteiger partial charge >= 0.3 is 0 Å². The SMILES string of the molecule is COc1ccccc1CN1CCc2cc(Oc3ccc(C(N)=O)cn3)ccc2C1. The second-order valence-corrected chi connectivity index (χ2v) is 7.05. The molecule has 0 fully saturated rings. The number of amides is 1. The van der Waals surface area contributed by atoms with Crippen molar-refractivity contribution in [3.63, 3.8) is 0 Å². The molecule has 2 aromatic carbocycles. The first kappa shape index (κ1) is 19.0. The quantitative estimate of drug-likeness (QED) is 0.698. The molecule has 2 N–H and O–H groups in total. The van der Waals surface area contributed by atoms with E-state index < -0.39 is 5.91 Å². The van der Waals surface area contributed by atoms with Gasteiger partial charge in [0, 0.05) is 37.5 Å². The molecule has 0 atom stereocenters. The summed E-state index contributed by atoms with van der Waals surface area (Å²) in [6, 6.07) is 17.5. The number of para-hydroxylation sites is 1. The van der Waals surface area contributed by atoms with Gasteiger partial charge in [0.1, 0.15) is 11.5 Å². The lowest BCUT2D eigenvalue weighted by Crippen LogP contribution is -2.30. The van der Waals surface area contributed by atoms with Crippen molar-refractivity contribution in [2.45, 2.75) is 19.5 Å². The zero-order valence-electron chi connectivity index (χ0n) is 16.3. The molecule has 0 bridgehead atoms. The van der Waals surface area contributed by atoms with Gasteiger partial charge in [0.25, 0.3) is 0 Å². The molecule has 3 aromatic rings. The second kappa shape index (κ2) is 8.32. The van der Waals surface area contributed by atoms with Crippen LogP contribution >= 0.6 is 0 Å². The normalized spacial score (nSPS) is 13.6. The number of nitrogens with zero attached hydrogens (tertiary/aromatic N) is 2. The summed E-state index contributed by atoms with van der Waals surface area (Å²) in [4.78, 5) is 17.7. The van der Waals surface area contributed by atoms with Crippen molar-refractivity contribution in [3.8, 4) is 17.4 Å². The van der Waals surface area contributed by atoms with Crippen LogP contribution in [0.4, 0.5) is 0 Å². The first-order chi connectivity index (χ1) is 14.1. The molecule has 1 aromatic heterocycles. The Morgan fingerprint density at radius 3 is 2.76 bits per heavy atom. The number of hydrogen-bond donors (Lipinski definition) is 1. The predicted octanol–water partition coefficient (Wildman–Crippen LogP) is 3.54. The molecule has 1 aliphatic heterocycles. The summed E-state index contributed by atoms with van der Waals surface area (Å²) in [5, 5.41) is 0. The Balaban J connectivity index is 1.43. The Morgan fingerprint density at radius 2 is 2.00 bits per heavy atom. The molecular formula is C23H23N3O3. The molecule has 29 heavy (non-hydrogen) atoms. The van der Waals surface area contributed by atoms with E-state index >= 15 is 0 Å². The lowest BCUT2D eigenvalue weighted by molar-refractivity contribution is 0.1000. The molecule has 2 heterocycles. The summed E-state index contributed by atoms with van der Waals surface area (Å²) in [6.45, 7) is 2.72. The van der Waals surface area contributed by atoms with E-state index in [4.69, 9.17) is 15.2 Å². The lowest BCUT2D eigenvalue weighted by atomic mass is 9.99. The van der Waals surface area contributed by atoms with Gasteiger partial charge in [-0.3, -0.25) is 9.69 Å². The first-order valence-electron chi connectivity index (χ1n) is 9.52. The van der Waals surface area contributed by atoms with E-state index in [1.807, 2.05) is 24.3 Å². The third-order valence-electron chi connectivity index (χ3n) is 5.10. The van der Waals surface area contributed by atoms with Crippen LogP contribution in [0.25, 0.3) is 0 Å². The van der Waals surface area contributed by atoms with Crippen molar-refractivity contribution in [3.05, 3.63) is 83.0 Å².